The van der Waals surface area contributed by atoms with E-state index in [9.17, 15) is 9.59 Å². The zero-order valence-corrected chi connectivity index (χ0v) is 10.5. The summed E-state index contributed by atoms with van der Waals surface area (Å²) in [5.74, 6) is -0.212. The maximum Gasteiger partial charge on any atom is 0.328 e. The topological polar surface area (TPSA) is 107 Å². The third-order valence-electron chi connectivity index (χ3n) is 2.39. The Labute approximate surface area is 105 Å². The van der Waals surface area contributed by atoms with Gasteiger partial charge in [-0.2, -0.15) is 0 Å². The highest BCUT2D eigenvalue weighted by Gasteiger charge is 2.28. The number of aliphatic carboxylic acids is 1. The molecule has 1 heterocycles. The van der Waals surface area contributed by atoms with Gasteiger partial charge < -0.3 is 20.7 Å². The van der Waals surface area contributed by atoms with Gasteiger partial charge >= 0.3 is 12.0 Å². The number of nitrogens with one attached hydrogen (secondary N) is 3. The Morgan fingerprint density at radius 3 is 2.78 bits per heavy atom. The first-order chi connectivity index (χ1) is 8.42. The minimum absolute atomic E-state index is 0.461. The number of imidazole rings is 1. The molecule has 0 fully saturated rings. The summed E-state index contributed by atoms with van der Waals surface area (Å²) in [6.07, 6.45) is 4.87. The second kappa shape index (κ2) is 6.04. The number of aromatic nitrogens is 2. The van der Waals surface area contributed by atoms with Crippen molar-refractivity contribution >= 4 is 12.0 Å². The third kappa shape index (κ3) is 4.44. The first-order valence-electron chi connectivity index (χ1n) is 5.69. The minimum atomic E-state index is -1.27. The molecule has 1 rings (SSSR count). The van der Waals surface area contributed by atoms with E-state index in [4.69, 9.17) is 5.11 Å². The van der Waals surface area contributed by atoms with Crippen LogP contribution in [0.3, 0.4) is 0 Å². The zero-order chi connectivity index (χ0) is 13.6. The fourth-order valence-corrected chi connectivity index (χ4v) is 1.27. The molecule has 0 atom stereocenters. The lowest BCUT2D eigenvalue weighted by molar-refractivity contribution is -0.142. The number of H-pyrrole nitrogens is 1. The van der Waals surface area contributed by atoms with E-state index in [0.717, 1.165) is 18.7 Å². The molecule has 0 saturated heterocycles. The van der Waals surface area contributed by atoms with E-state index >= 15 is 0 Å². The first-order valence-corrected chi connectivity index (χ1v) is 5.69. The number of carboxylic acid groups (broad SMARTS) is 1. The van der Waals surface area contributed by atoms with Crippen LogP contribution in [-0.4, -0.2) is 39.2 Å². The van der Waals surface area contributed by atoms with E-state index in [0.29, 0.717) is 6.54 Å². The van der Waals surface area contributed by atoms with Gasteiger partial charge in [0.05, 0.1) is 0 Å². The molecule has 7 heteroatoms. The molecule has 1 aromatic rings. The Hall–Kier alpha value is -2.05. The van der Waals surface area contributed by atoms with Crippen LogP contribution in [-0.2, 0) is 11.2 Å². The number of hydrogen-bond acceptors (Lipinski definition) is 3. The molecule has 18 heavy (non-hydrogen) atoms. The zero-order valence-electron chi connectivity index (χ0n) is 10.5. The summed E-state index contributed by atoms with van der Waals surface area (Å²) < 4.78 is 0. The second-order valence-corrected chi connectivity index (χ2v) is 4.45. The van der Waals surface area contributed by atoms with E-state index in [1.54, 1.807) is 12.4 Å². The van der Waals surface area contributed by atoms with E-state index in [-0.39, 0.29) is 0 Å². The van der Waals surface area contributed by atoms with Crippen LogP contribution < -0.4 is 10.6 Å². The van der Waals surface area contributed by atoms with E-state index in [2.05, 4.69) is 20.6 Å². The first kappa shape index (κ1) is 14.0. The molecule has 0 radical (unpaired) electrons. The number of urea groups is 1. The highest BCUT2D eigenvalue weighted by molar-refractivity contribution is 5.85. The fourth-order valence-electron chi connectivity index (χ4n) is 1.27. The molecule has 0 saturated carbocycles. The van der Waals surface area contributed by atoms with Crippen LogP contribution in [0.4, 0.5) is 4.79 Å². The summed E-state index contributed by atoms with van der Waals surface area (Å²) in [6, 6.07) is -0.484. The lowest BCUT2D eigenvalue weighted by Gasteiger charge is -2.21. The van der Waals surface area contributed by atoms with Gasteiger partial charge in [-0.15, -0.1) is 0 Å². The normalized spacial score (nSPS) is 11.0. The molecular weight excluding hydrogens is 236 g/mol. The van der Waals surface area contributed by atoms with Gasteiger partial charge in [0.25, 0.3) is 0 Å². The summed E-state index contributed by atoms with van der Waals surface area (Å²) >= 11 is 0. The number of carboxylic acids is 1. The predicted molar refractivity (Wildman–Crippen MR) is 65.2 cm³/mol. The van der Waals surface area contributed by atoms with Crippen molar-refractivity contribution in [2.45, 2.75) is 32.2 Å². The van der Waals surface area contributed by atoms with Crippen molar-refractivity contribution in [2.75, 3.05) is 6.54 Å². The SMILES string of the molecule is CC(C)(NC(=O)NCCCc1ncc[nH]1)C(=O)O. The molecule has 0 spiro atoms. The molecule has 0 aliphatic rings. The average molecular weight is 254 g/mol. The second-order valence-electron chi connectivity index (χ2n) is 4.45. The van der Waals surface area contributed by atoms with Crippen molar-refractivity contribution in [3.63, 3.8) is 0 Å². The minimum Gasteiger partial charge on any atom is -0.480 e. The van der Waals surface area contributed by atoms with Crippen molar-refractivity contribution in [2.24, 2.45) is 0 Å². The Morgan fingerprint density at radius 1 is 1.50 bits per heavy atom. The Morgan fingerprint density at radius 2 is 2.22 bits per heavy atom. The fraction of sp³-hybridized carbons (Fsp3) is 0.545. The van der Waals surface area contributed by atoms with E-state index < -0.39 is 17.5 Å². The smallest absolute Gasteiger partial charge is 0.328 e. The van der Waals surface area contributed by atoms with Crippen molar-refractivity contribution < 1.29 is 14.7 Å². The monoisotopic (exact) mass is 254 g/mol. The highest BCUT2D eigenvalue weighted by Crippen LogP contribution is 2.01. The molecule has 0 aliphatic heterocycles. The molecule has 7 nitrogen and oxygen atoms in total. The van der Waals surface area contributed by atoms with Crippen molar-refractivity contribution in [3.05, 3.63) is 18.2 Å². The Bertz CT molecular complexity index is 400. The van der Waals surface area contributed by atoms with Crippen LogP contribution in [0.1, 0.15) is 26.1 Å². The van der Waals surface area contributed by atoms with Gasteiger partial charge in [0.1, 0.15) is 11.4 Å². The number of rotatable bonds is 6. The number of aromatic amines is 1. The number of aryl methyl sites for hydroxylation is 1. The lowest BCUT2D eigenvalue weighted by Crippen LogP contribution is -2.53. The molecule has 1 aromatic heterocycles. The summed E-state index contributed by atoms with van der Waals surface area (Å²) in [7, 11) is 0. The average Bonchev–Trinajstić information content (AvgIpc) is 2.76. The van der Waals surface area contributed by atoms with Crippen LogP contribution in [0.15, 0.2) is 12.4 Å². The number of nitrogens with zero attached hydrogens (tertiary/aromatic N) is 1. The van der Waals surface area contributed by atoms with E-state index in [1.807, 2.05) is 0 Å². The molecule has 0 unspecified atom stereocenters. The van der Waals surface area contributed by atoms with Gasteiger partial charge in [0, 0.05) is 25.4 Å². The van der Waals surface area contributed by atoms with Crippen molar-refractivity contribution in [1.29, 1.82) is 0 Å². The molecule has 0 aliphatic carbocycles. The van der Waals surface area contributed by atoms with Crippen LogP contribution in [0.25, 0.3) is 0 Å². The van der Waals surface area contributed by atoms with Crippen molar-refractivity contribution in [3.8, 4) is 0 Å². The van der Waals surface area contributed by atoms with Crippen molar-refractivity contribution in [1.82, 2.24) is 20.6 Å². The molecule has 100 valence electrons. The summed E-state index contributed by atoms with van der Waals surface area (Å²) in [5, 5.41) is 13.8. The maximum atomic E-state index is 11.4. The molecule has 0 aromatic carbocycles. The van der Waals surface area contributed by atoms with Gasteiger partial charge in [-0.25, -0.2) is 14.6 Å². The number of hydrogen-bond donors (Lipinski definition) is 4. The van der Waals surface area contributed by atoms with E-state index in [1.165, 1.54) is 13.8 Å². The molecule has 0 bridgehead atoms. The number of carbonyl (C=O) groups is 2. The van der Waals surface area contributed by atoms with Gasteiger partial charge in [0.2, 0.25) is 0 Å². The summed E-state index contributed by atoms with van der Waals surface area (Å²) in [5.41, 5.74) is -1.27. The van der Waals surface area contributed by atoms with Gasteiger partial charge in [-0.1, -0.05) is 0 Å². The number of carbonyl (C=O) groups excluding carboxylic acids is 1. The standard InChI is InChI=1S/C11H18N4O3/c1-11(2,9(16)17)15-10(18)14-5-3-4-8-12-6-7-13-8/h6-7H,3-5H2,1-2H3,(H,12,13)(H,16,17)(H2,14,15,18). The summed E-state index contributed by atoms with van der Waals surface area (Å²) in [6.45, 7) is 3.32. The van der Waals surface area contributed by atoms with Gasteiger partial charge in [-0.3, -0.25) is 0 Å². The quantitative estimate of drug-likeness (QED) is 0.554. The maximum absolute atomic E-state index is 11.4. The Kier molecular flexibility index (Phi) is 4.70. The van der Waals surface area contributed by atoms with Crippen LogP contribution in [0, 0.1) is 0 Å². The van der Waals surface area contributed by atoms with Crippen LogP contribution >= 0.6 is 0 Å². The lowest BCUT2D eigenvalue weighted by atomic mass is 10.1. The Balaban J connectivity index is 2.19. The van der Waals surface area contributed by atoms with Crippen LogP contribution in [0.5, 0.6) is 0 Å². The third-order valence-corrected chi connectivity index (χ3v) is 2.39. The largest absolute Gasteiger partial charge is 0.480 e. The molecule has 2 amide bonds. The predicted octanol–water partition coefficient (Wildman–Crippen LogP) is 0.505. The molecule has 4 N–H and O–H groups in total. The van der Waals surface area contributed by atoms with Gasteiger partial charge in [-0.05, 0) is 20.3 Å². The van der Waals surface area contributed by atoms with Gasteiger partial charge in [0.15, 0.2) is 0 Å². The highest BCUT2D eigenvalue weighted by atomic mass is 16.4. The number of amides is 2. The molecular formula is C11H18N4O3. The summed E-state index contributed by atoms with van der Waals surface area (Å²) in [4.78, 5) is 29.2. The van der Waals surface area contributed by atoms with Crippen LogP contribution in [0.2, 0.25) is 0 Å².